The van der Waals surface area contributed by atoms with Crippen molar-refractivity contribution in [3.05, 3.63) is 35.4 Å². The fourth-order valence-electron chi connectivity index (χ4n) is 3.82. The Morgan fingerprint density at radius 3 is 2.90 bits per heavy atom. The minimum atomic E-state index is 0.113. The van der Waals surface area contributed by atoms with E-state index in [4.69, 9.17) is 4.74 Å². The van der Waals surface area contributed by atoms with Gasteiger partial charge in [-0.2, -0.15) is 0 Å². The maximum Gasteiger partial charge on any atom is 0.254 e. The van der Waals surface area contributed by atoms with Gasteiger partial charge in [-0.25, -0.2) is 0 Å². The highest BCUT2D eigenvalue weighted by molar-refractivity contribution is 5.95. The summed E-state index contributed by atoms with van der Waals surface area (Å²) < 4.78 is 5.71. The van der Waals surface area contributed by atoms with Gasteiger partial charge < -0.3 is 14.5 Å². The molecule has 4 heteroatoms. The van der Waals surface area contributed by atoms with Crippen LogP contribution in [0.4, 0.5) is 0 Å². The first-order chi connectivity index (χ1) is 10.0. The van der Waals surface area contributed by atoms with Crippen molar-refractivity contribution in [3.63, 3.8) is 0 Å². The highest BCUT2D eigenvalue weighted by Gasteiger charge is 2.51. The third-order valence-electron chi connectivity index (χ3n) is 4.81. The van der Waals surface area contributed by atoms with Crippen LogP contribution < -0.4 is 0 Å². The summed E-state index contributed by atoms with van der Waals surface area (Å²) in [6.07, 6.45) is 0. The second-order valence-corrected chi connectivity index (χ2v) is 6.81. The Labute approximate surface area is 126 Å². The van der Waals surface area contributed by atoms with E-state index >= 15 is 0 Å². The maximum absolute atomic E-state index is 12.8. The van der Waals surface area contributed by atoms with Crippen molar-refractivity contribution in [2.24, 2.45) is 11.3 Å². The summed E-state index contributed by atoms with van der Waals surface area (Å²) >= 11 is 0. The van der Waals surface area contributed by atoms with Gasteiger partial charge in [0.15, 0.2) is 0 Å². The van der Waals surface area contributed by atoms with Crippen LogP contribution in [0.25, 0.3) is 0 Å². The number of benzene rings is 1. The normalized spacial score (nSPS) is 28.2. The van der Waals surface area contributed by atoms with Crippen LogP contribution in [0.15, 0.2) is 24.3 Å². The molecule has 2 fully saturated rings. The lowest BCUT2D eigenvalue weighted by Gasteiger charge is -2.30. The predicted octanol–water partition coefficient (Wildman–Crippen LogP) is 1.65. The van der Waals surface area contributed by atoms with Crippen LogP contribution in [-0.4, -0.2) is 62.7 Å². The van der Waals surface area contributed by atoms with E-state index in [2.05, 4.69) is 19.0 Å². The molecule has 21 heavy (non-hydrogen) atoms. The first-order valence-corrected chi connectivity index (χ1v) is 7.59. The minimum Gasteiger partial charge on any atom is -0.380 e. The van der Waals surface area contributed by atoms with E-state index in [0.29, 0.717) is 5.92 Å². The zero-order valence-electron chi connectivity index (χ0n) is 13.1. The molecular formula is C17H24N2O2. The standard InChI is InChI=1S/C17H24N2O2/c1-13-6-4-5-7-15(13)16(20)19-8-14-9-21-12-17(14,11-19)10-18(2)3/h4-7,14H,8-12H2,1-3H3/t14-,17+/m1/s1. The molecule has 2 heterocycles. The van der Waals surface area contributed by atoms with Gasteiger partial charge in [0.1, 0.15) is 0 Å². The number of hydrogen-bond acceptors (Lipinski definition) is 3. The number of amides is 1. The van der Waals surface area contributed by atoms with Crippen molar-refractivity contribution in [1.82, 2.24) is 9.80 Å². The number of carbonyl (C=O) groups is 1. The van der Waals surface area contributed by atoms with Gasteiger partial charge in [0.25, 0.3) is 5.91 Å². The highest BCUT2D eigenvalue weighted by atomic mass is 16.5. The number of aryl methyl sites for hydroxylation is 1. The number of fused-ring (bicyclic) bond motifs is 1. The molecule has 0 aromatic heterocycles. The van der Waals surface area contributed by atoms with E-state index < -0.39 is 0 Å². The van der Waals surface area contributed by atoms with Gasteiger partial charge in [-0.3, -0.25) is 4.79 Å². The summed E-state index contributed by atoms with van der Waals surface area (Å²) in [6.45, 7) is 6.17. The van der Waals surface area contributed by atoms with E-state index in [1.165, 1.54) is 0 Å². The van der Waals surface area contributed by atoms with Crippen LogP contribution >= 0.6 is 0 Å². The Hall–Kier alpha value is -1.39. The first kappa shape index (κ1) is 14.5. The molecule has 0 aliphatic carbocycles. The molecule has 0 saturated carbocycles. The SMILES string of the molecule is Cc1ccccc1C(=O)N1C[C@@H]2COC[C@]2(CN(C)C)C1. The number of ether oxygens (including phenoxy) is 1. The first-order valence-electron chi connectivity index (χ1n) is 7.59. The summed E-state index contributed by atoms with van der Waals surface area (Å²) in [4.78, 5) is 17.0. The van der Waals surface area contributed by atoms with Crippen LogP contribution in [-0.2, 0) is 4.74 Å². The van der Waals surface area contributed by atoms with E-state index in [0.717, 1.165) is 44.0 Å². The summed E-state index contributed by atoms with van der Waals surface area (Å²) in [5.74, 6) is 0.633. The van der Waals surface area contributed by atoms with Gasteiger partial charge in [0, 0.05) is 36.5 Å². The summed E-state index contributed by atoms with van der Waals surface area (Å²) in [5, 5.41) is 0. The van der Waals surface area contributed by atoms with Crippen LogP contribution in [0.1, 0.15) is 15.9 Å². The van der Waals surface area contributed by atoms with Gasteiger partial charge in [-0.15, -0.1) is 0 Å². The monoisotopic (exact) mass is 288 g/mol. The number of carbonyl (C=O) groups excluding carboxylic acids is 1. The Morgan fingerprint density at radius 2 is 2.19 bits per heavy atom. The summed E-state index contributed by atoms with van der Waals surface area (Å²) in [6, 6.07) is 7.85. The fraction of sp³-hybridized carbons (Fsp3) is 0.588. The Morgan fingerprint density at radius 1 is 1.43 bits per heavy atom. The molecule has 1 aromatic rings. The second-order valence-electron chi connectivity index (χ2n) is 6.81. The number of rotatable bonds is 3. The molecule has 1 amide bonds. The molecule has 2 atom stereocenters. The third kappa shape index (κ3) is 2.58. The molecule has 0 unspecified atom stereocenters. The lowest BCUT2D eigenvalue weighted by atomic mass is 9.81. The molecule has 2 saturated heterocycles. The van der Waals surface area contributed by atoms with E-state index in [1.54, 1.807) is 0 Å². The zero-order valence-corrected chi connectivity index (χ0v) is 13.1. The van der Waals surface area contributed by atoms with Crippen molar-refractivity contribution in [2.45, 2.75) is 6.92 Å². The Balaban J connectivity index is 1.80. The van der Waals surface area contributed by atoms with Crippen LogP contribution in [0.3, 0.4) is 0 Å². The van der Waals surface area contributed by atoms with E-state index in [9.17, 15) is 4.79 Å². The topological polar surface area (TPSA) is 32.8 Å². The van der Waals surface area contributed by atoms with Gasteiger partial charge in [-0.05, 0) is 32.6 Å². The maximum atomic E-state index is 12.8. The van der Waals surface area contributed by atoms with Crippen molar-refractivity contribution in [3.8, 4) is 0 Å². The van der Waals surface area contributed by atoms with Crippen LogP contribution in [0.5, 0.6) is 0 Å². The van der Waals surface area contributed by atoms with Gasteiger partial charge in [-0.1, -0.05) is 18.2 Å². The number of nitrogens with zero attached hydrogens (tertiary/aromatic N) is 2. The molecule has 4 nitrogen and oxygen atoms in total. The molecule has 1 aromatic carbocycles. The van der Waals surface area contributed by atoms with Crippen LogP contribution in [0, 0.1) is 18.3 Å². The van der Waals surface area contributed by atoms with Gasteiger partial charge in [0.05, 0.1) is 13.2 Å². The molecule has 3 rings (SSSR count). The zero-order chi connectivity index (χ0) is 15.0. The number of likely N-dealkylation sites (tertiary alicyclic amines) is 1. The smallest absolute Gasteiger partial charge is 0.254 e. The van der Waals surface area contributed by atoms with Crippen LogP contribution in [0.2, 0.25) is 0 Å². The molecule has 0 radical (unpaired) electrons. The largest absolute Gasteiger partial charge is 0.380 e. The second kappa shape index (κ2) is 5.43. The number of hydrogen-bond donors (Lipinski definition) is 0. The van der Waals surface area contributed by atoms with Gasteiger partial charge >= 0.3 is 0 Å². The van der Waals surface area contributed by atoms with Crippen molar-refractivity contribution in [2.75, 3.05) is 46.9 Å². The molecule has 2 aliphatic heterocycles. The average molecular weight is 288 g/mol. The molecule has 0 N–H and O–H groups in total. The predicted molar refractivity (Wildman–Crippen MR) is 82.4 cm³/mol. The van der Waals surface area contributed by atoms with Crippen molar-refractivity contribution in [1.29, 1.82) is 0 Å². The average Bonchev–Trinajstić information content (AvgIpc) is 2.94. The molecular weight excluding hydrogens is 264 g/mol. The van der Waals surface area contributed by atoms with Crippen molar-refractivity contribution >= 4 is 5.91 Å². The van der Waals surface area contributed by atoms with E-state index in [-0.39, 0.29) is 11.3 Å². The lowest BCUT2D eigenvalue weighted by Crippen LogP contribution is -2.41. The fourth-order valence-corrected chi connectivity index (χ4v) is 3.82. The Kier molecular flexibility index (Phi) is 3.76. The Bertz CT molecular complexity index is 543. The highest BCUT2D eigenvalue weighted by Crippen LogP contribution is 2.42. The lowest BCUT2D eigenvalue weighted by molar-refractivity contribution is 0.0696. The van der Waals surface area contributed by atoms with Crippen molar-refractivity contribution < 1.29 is 9.53 Å². The molecule has 2 aliphatic rings. The minimum absolute atomic E-state index is 0.113. The third-order valence-corrected chi connectivity index (χ3v) is 4.81. The quantitative estimate of drug-likeness (QED) is 0.848. The van der Waals surface area contributed by atoms with E-state index in [1.807, 2.05) is 36.1 Å². The summed E-state index contributed by atoms with van der Waals surface area (Å²) in [7, 11) is 4.19. The summed E-state index contributed by atoms with van der Waals surface area (Å²) in [5.41, 5.74) is 2.00. The molecule has 0 spiro atoms. The molecule has 0 bridgehead atoms. The van der Waals surface area contributed by atoms with Gasteiger partial charge in [0.2, 0.25) is 0 Å². The molecule has 114 valence electrons.